The van der Waals surface area contributed by atoms with Crippen LogP contribution in [0.2, 0.25) is 5.28 Å². The number of aromatic nitrogens is 3. The number of nitrogens with zero attached hydrogens (tertiary/aromatic N) is 2. The second kappa shape index (κ2) is 9.62. The normalized spacial score (nSPS) is 18.5. The van der Waals surface area contributed by atoms with Crippen molar-refractivity contribution in [3.8, 4) is 0 Å². The lowest BCUT2D eigenvalue weighted by molar-refractivity contribution is 0.0492. The van der Waals surface area contributed by atoms with Crippen LogP contribution in [0.4, 0.5) is 10.6 Å². The molecule has 0 atom stereocenters. The summed E-state index contributed by atoms with van der Waals surface area (Å²) in [6.07, 6.45) is 4.54. The fourth-order valence-corrected chi connectivity index (χ4v) is 4.48. The van der Waals surface area contributed by atoms with Gasteiger partial charge in [-0.3, -0.25) is 4.79 Å². The number of fused-ring (bicyclic) bond motifs is 1. The molecule has 0 saturated heterocycles. The molecule has 1 aliphatic rings. The second-order valence-electron chi connectivity index (χ2n) is 9.75. The van der Waals surface area contributed by atoms with Crippen molar-refractivity contribution in [2.24, 2.45) is 0 Å². The van der Waals surface area contributed by atoms with Crippen LogP contribution in [0, 0.1) is 6.92 Å². The summed E-state index contributed by atoms with van der Waals surface area (Å²) < 4.78 is 5.36. The lowest BCUT2D eigenvalue weighted by Crippen LogP contribution is -2.42. The molecule has 3 aromatic rings. The van der Waals surface area contributed by atoms with E-state index < -0.39 is 5.60 Å². The quantitative estimate of drug-likeness (QED) is 0.331. The van der Waals surface area contributed by atoms with E-state index >= 15 is 0 Å². The van der Waals surface area contributed by atoms with E-state index in [-0.39, 0.29) is 29.2 Å². The molecule has 0 radical (unpaired) electrons. The zero-order valence-electron chi connectivity index (χ0n) is 19.9. The average molecular weight is 484 g/mol. The fourth-order valence-electron chi connectivity index (χ4n) is 4.31. The van der Waals surface area contributed by atoms with Gasteiger partial charge in [-0.05, 0) is 70.5 Å². The third kappa shape index (κ3) is 5.50. The van der Waals surface area contributed by atoms with Gasteiger partial charge >= 0.3 is 6.09 Å². The van der Waals surface area contributed by atoms with E-state index in [0.717, 1.165) is 31.2 Å². The number of amides is 1. The van der Waals surface area contributed by atoms with E-state index in [0.29, 0.717) is 28.0 Å². The first-order chi connectivity index (χ1) is 16.1. The molecule has 3 N–H and O–H groups in total. The van der Waals surface area contributed by atoms with Gasteiger partial charge in [0.1, 0.15) is 17.1 Å². The molecule has 2 aromatic heterocycles. The van der Waals surface area contributed by atoms with Crippen molar-refractivity contribution in [1.29, 1.82) is 0 Å². The van der Waals surface area contributed by atoms with Gasteiger partial charge in [0.25, 0.3) is 0 Å². The van der Waals surface area contributed by atoms with Crippen LogP contribution in [0.5, 0.6) is 0 Å². The van der Waals surface area contributed by atoms with Gasteiger partial charge in [-0.2, -0.15) is 4.98 Å². The molecule has 1 aromatic carbocycles. The van der Waals surface area contributed by atoms with Crippen molar-refractivity contribution >= 4 is 40.3 Å². The SMILES string of the molecule is Cc1ccccc1C(=O)c1c[nH]c2nc(Cl)nc(NC3CCC(NC(=O)OC(C)(C)C)CC3)c12. The molecule has 4 rings (SSSR count). The molecule has 180 valence electrons. The van der Waals surface area contributed by atoms with Crippen LogP contribution < -0.4 is 10.6 Å². The minimum Gasteiger partial charge on any atom is -0.444 e. The molecule has 0 aliphatic heterocycles. The first-order valence-electron chi connectivity index (χ1n) is 11.5. The molecule has 0 unspecified atom stereocenters. The molecule has 1 fully saturated rings. The largest absolute Gasteiger partial charge is 0.444 e. The number of nitrogens with one attached hydrogen (secondary N) is 3. The van der Waals surface area contributed by atoms with Crippen LogP contribution in [0.15, 0.2) is 30.5 Å². The number of aryl methyl sites for hydroxylation is 1. The van der Waals surface area contributed by atoms with Gasteiger partial charge in [0.2, 0.25) is 5.28 Å². The van der Waals surface area contributed by atoms with Crippen molar-refractivity contribution in [3.05, 3.63) is 52.4 Å². The summed E-state index contributed by atoms with van der Waals surface area (Å²) in [6.45, 7) is 7.46. The highest BCUT2D eigenvalue weighted by Gasteiger charge is 2.27. The molecule has 1 amide bonds. The number of ketones is 1. The number of benzene rings is 1. The number of hydrogen-bond donors (Lipinski definition) is 3. The van der Waals surface area contributed by atoms with E-state index in [4.69, 9.17) is 16.3 Å². The number of carbonyl (C=O) groups is 2. The van der Waals surface area contributed by atoms with Crippen LogP contribution >= 0.6 is 11.6 Å². The summed E-state index contributed by atoms with van der Waals surface area (Å²) in [4.78, 5) is 37.2. The van der Waals surface area contributed by atoms with Crippen LogP contribution in [-0.4, -0.2) is 44.5 Å². The van der Waals surface area contributed by atoms with Crippen molar-refractivity contribution in [2.75, 3.05) is 5.32 Å². The first-order valence-corrected chi connectivity index (χ1v) is 11.9. The van der Waals surface area contributed by atoms with Crippen LogP contribution in [-0.2, 0) is 4.74 Å². The number of alkyl carbamates (subject to hydrolysis) is 1. The Balaban J connectivity index is 1.50. The highest BCUT2D eigenvalue weighted by molar-refractivity contribution is 6.29. The van der Waals surface area contributed by atoms with Crippen molar-refractivity contribution in [3.63, 3.8) is 0 Å². The highest BCUT2D eigenvalue weighted by Crippen LogP contribution is 2.31. The van der Waals surface area contributed by atoms with E-state index in [9.17, 15) is 9.59 Å². The summed E-state index contributed by atoms with van der Waals surface area (Å²) in [6, 6.07) is 7.68. The van der Waals surface area contributed by atoms with E-state index in [1.54, 1.807) is 6.20 Å². The maximum Gasteiger partial charge on any atom is 0.407 e. The predicted octanol–water partition coefficient (Wildman–Crippen LogP) is 5.40. The second-order valence-corrected chi connectivity index (χ2v) is 10.1. The molecule has 34 heavy (non-hydrogen) atoms. The Morgan fingerprint density at radius 3 is 2.41 bits per heavy atom. The van der Waals surface area contributed by atoms with E-state index in [1.807, 2.05) is 52.0 Å². The van der Waals surface area contributed by atoms with Crippen LogP contribution in [0.25, 0.3) is 11.0 Å². The predicted molar refractivity (Wildman–Crippen MR) is 133 cm³/mol. The lowest BCUT2D eigenvalue weighted by atomic mass is 9.91. The molecule has 8 nitrogen and oxygen atoms in total. The molecular formula is C25H30ClN5O3. The first kappa shape index (κ1) is 24.0. The van der Waals surface area contributed by atoms with E-state index in [2.05, 4.69) is 25.6 Å². The lowest BCUT2D eigenvalue weighted by Gasteiger charge is -2.31. The molecule has 0 spiro atoms. The van der Waals surface area contributed by atoms with Crippen molar-refractivity contribution in [1.82, 2.24) is 20.3 Å². The molecule has 1 saturated carbocycles. The number of hydrogen-bond acceptors (Lipinski definition) is 6. The maximum absolute atomic E-state index is 13.3. The standard InChI is InChI=1S/C25H30ClN5O3/c1-14-7-5-6-8-17(14)20(32)18-13-27-21-19(18)22(31-23(26)30-21)28-15-9-11-16(12-10-15)29-24(33)34-25(2,3)4/h5-8,13,15-16H,9-12H2,1-4H3,(H,29,33)(H2,27,28,30,31). The number of anilines is 1. The number of ether oxygens (including phenoxy) is 1. The Labute approximate surface area is 203 Å². The van der Waals surface area contributed by atoms with Gasteiger partial charge < -0.3 is 20.4 Å². The zero-order chi connectivity index (χ0) is 24.5. The number of carbonyl (C=O) groups excluding carboxylic acids is 2. The van der Waals surface area contributed by atoms with Gasteiger partial charge in [0.15, 0.2) is 5.78 Å². The topological polar surface area (TPSA) is 109 Å². The third-order valence-electron chi connectivity index (χ3n) is 5.93. The van der Waals surface area contributed by atoms with Gasteiger partial charge in [-0.1, -0.05) is 24.3 Å². The van der Waals surface area contributed by atoms with Gasteiger partial charge in [0.05, 0.1) is 10.9 Å². The summed E-state index contributed by atoms with van der Waals surface area (Å²) in [5.74, 6) is 0.445. The van der Waals surface area contributed by atoms with E-state index in [1.165, 1.54) is 0 Å². The molecule has 0 bridgehead atoms. The Bertz CT molecular complexity index is 1210. The maximum atomic E-state index is 13.3. The Morgan fingerprint density at radius 2 is 1.74 bits per heavy atom. The molecule has 9 heteroatoms. The Hall–Kier alpha value is -3.13. The fraction of sp³-hybridized carbons (Fsp3) is 0.440. The number of rotatable bonds is 5. The van der Waals surface area contributed by atoms with Crippen molar-refractivity contribution in [2.45, 2.75) is 71.1 Å². The minimum absolute atomic E-state index is 0.0624. The summed E-state index contributed by atoms with van der Waals surface area (Å²) in [5, 5.41) is 7.16. The van der Waals surface area contributed by atoms with Gasteiger partial charge in [0, 0.05) is 23.8 Å². The third-order valence-corrected chi connectivity index (χ3v) is 6.10. The van der Waals surface area contributed by atoms with Gasteiger partial charge in [-0.15, -0.1) is 0 Å². The number of H-pyrrole nitrogens is 1. The highest BCUT2D eigenvalue weighted by atomic mass is 35.5. The Morgan fingerprint density at radius 1 is 1.06 bits per heavy atom. The molecule has 2 heterocycles. The van der Waals surface area contributed by atoms with Crippen molar-refractivity contribution < 1.29 is 14.3 Å². The number of aromatic amines is 1. The minimum atomic E-state index is -0.523. The number of halogens is 1. The monoisotopic (exact) mass is 483 g/mol. The summed E-state index contributed by atoms with van der Waals surface area (Å²) in [7, 11) is 0. The van der Waals surface area contributed by atoms with Crippen LogP contribution in [0.3, 0.4) is 0 Å². The smallest absolute Gasteiger partial charge is 0.407 e. The summed E-state index contributed by atoms with van der Waals surface area (Å²) in [5.41, 5.74) is 2.04. The molecular weight excluding hydrogens is 454 g/mol. The Kier molecular flexibility index (Phi) is 6.79. The average Bonchev–Trinajstić information content (AvgIpc) is 3.17. The van der Waals surface area contributed by atoms with Crippen LogP contribution in [0.1, 0.15) is 67.9 Å². The summed E-state index contributed by atoms with van der Waals surface area (Å²) >= 11 is 6.18. The zero-order valence-corrected chi connectivity index (χ0v) is 20.6. The van der Waals surface area contributed by atoms with Gasteiger partial charge in [-0.25, -0.2) is 9.78 Å². The molecule has 1 aliphatic carbocycles.